The third kappa shape index (κ3) is 4.45. The molecule has 0 aliphatic heterocycles. The first-order valence-corrected chi connectivity index (χ1v) is 7.30. The minimum absolute atomic E-state index is 0.179. The minimum atomic E-state index is -0.512. The number of carbonyl (C=O) groups is 1. The Balaban J connectivity index is 2.01. The van der Waals surface area contributed by atoms with Gasteiger partial charge in [0.25, 0.3) is 0 Å². The molecule has 0 saturated carbocycles. The number of ether oxygens (including phenoxy) is 1. The lowest BCUT2D eigenvalue weighted by atomic mass is 9.97. The van der Waals surface area contributed by atoms with E-state index in [0.29, 0.717) is 6.42 Å². The summed E-state index contributed by atoms with van der Waals surface area (Å²) >= 11 is 0. The fraction of sp³-hybridized carbons (Fsp3) is 0.316. The zero-order chi connectivity index (χ0) is 15.3. The number of benzene rings is 2. The van der Waals surface area contributed by atoms with Gasteiger partial charge < -0.3 is 4.74 Å². The quantitative estimate of drug-likeness (QED) is 0.762. The molecule has 2 heteroatoms. The second-order valence-corrected chi connectivity index (χ2v) is 5.98. The summed E-state index contributed by atoms with van der Waals surface area (Å²) < 4.78 is 5.72. The van der Waals surface area contributed by atoms with Crippen LogP contribution in [0.5, 0.6) is 0 Å². The summed E-state index contributed by atoms with van der Waals surface area (Å²) in [5, 5.41) is 0. The highest BCUT2D eigenvalue weighted by Gasteiger charge is 2.27. The topological polar surface area (TPSA) is 26.3 Å². The summed E-state index contributed by atoms with van der Waals surface area (Å²) in [6.45, 7) is 5.79. The van der Waals surface area contributed by atoms with Gasteiger partial charge in [-0.05, 0) is 31.9 Å². The van der Waals surface area contributed by atoms with Crippen LogP contribution < -0.4 is 0 Å². The van der Waals surface area contributed by atoms with Crippen LogP contribution in [0.3, 0.4) is 0 Å². The van der Waals surface area contributed by atoms with Gasteiger partial charge in [-0.3, -0.25) is 4.79 Å². The number of rotatable bonds is 5. The van der Waals surface area contributed by atoms with E-state index >= 15 is 0 Å². The Kier molecular flexibility index (Phi) is 4.79. The van der Waals surface area contributed by atoms with Crippen molar-refractivity contribution in [2.75, 3.05) is 0 Å². The lowest BCUT2D eigenvalue weighted by molar-refractivity contribution is -0.157. The van der Waals surface area contributed by atoms with E-state index < -0.39 is 5.60 Å². The molecule has 0 heterocycles. The Hall–Kier alpha value is -2.09. The van der Waals surface area contributed by atoms with E-state index in [1.165, 1.54) is 5.56 Å². The van der Waals surface area contributed by atoms with Crippen molar-refractivity contribution < 1.29 is 9.53 Å². The van der Waals surface area contributed by atoms with Crippen molar-refractivity contribution in [3.8, 4) is 0 Å². The van der Waals surface area contributed by atoms with Gasteiger partial charge in [0, 0.05) is 6.42 Å². The Morgan fingerprint density at radius 2 is 1.52 bits per heavy atom. The maximum Gasteiger partial charge on any atom is 0.313 e. The van der Waals surface area contributed by atoms with Crippen molar-refractivity contribution in [1.29, 1.82) is 0 Å². The van der Waals surface area contributed by atoms with E-state index in [1.54, 1.807) is 0 Å². The second-order valence-electron chi connectivity index (χ2n) is 5.98. The summed E-state index contributed by atoms with van der Waals surface area (Å²) in [6, 6.07) is 19.8. The molecule has 0 saturated heterocycles. The maximum atomic E-state index is 12.3. The molecular formula is C19H22O2. The highest BCUT2D eigenvalue weighted by Crippen LogP contribution is 2.23. The molecule has 21 heavy (non-hydrogen) atoms. The molecule has 0 spiro atoms. The number of carbonyl (C=O) groups excluding carboxylic acids is 1. The zero-order valence-electron chi connectivity index (χ0n) is 12.9. The van der Waals surface area contributed by atoms with Gasteiger partial charge in [-0.15, -0.1) is 0 Å². The number of esters is 1. The Morgan fingerprint density at radius 3 is 2.10 bits per heavy atom. The van der Waals surface area contributed by atoms with Crippen LogP contribution in [0.2, 0.25) is 0 Å². The standard InChI is InChI=1S/C19H22O2/c1-15(17-12-8-5-9-13-17)18(20)21-19(2,3)14-16-10-6-4-7-11-16/h4-13,15H,14H2,1-3H3. The SMILES string of the molecule is CC(C(=O)OC(C)(C)Cc1ccccc1)c1ccccc1. The summed E-state index contributed by atoms with van der Waals surface area (Å²) in [7, 11) is 0. The van der Waals surface area contributed by atoms with Crippen molar-refractivity contribution in [3.05, 3.63) is 71.8 Å². The maximum absolute atomic E-state index is 12.3. The number of hydrogen-bond acceptors (Lipinski definition) is 2. The summed E-state index contributed by atoms with van der Waals surface area (Å²) in [4.78, 5) is 12.3. The van der Waals surface area contributed by atoms with Gasteiger partial charge in [0.1, 0.15) is 5.60 Å². The molecular weight excluding hydrogens is 260 g/mol. The summed E-state index contributed by atoms with van der Waals surface area (Å²) in [6.07, 6.45) is 0.709. The van der Waals surface area contributed by atoms with Crippen molar-refractivity contribution in [1.82, 2.24) is 0 Å². The fourth-order valence-corrected chi connectivity index (χ4v) is 2.36. The zero-order valence-corrected chi connectivity index (χ0v) is 12.9. The summed E-state index contributed by atoms with van der Waals surface area (Å²) in [5.74, 6) is -0.427. The van der Waals surface area contributed by atoms with Gasteiger partial charge in [0.2, 0.25) is 0 Å². The second kappa shape index (κ2) is 6.57. The smallest absolute Gasteiger partial charge is 0.313 e. The largest absolute Gasteiger partial charge is 0.459 e. The molecule has 0 bridgehead atoms. The lowest BCUT2D eigenvalue weighted by Gasteiger charge is -2.27. The predicted molar refractivity (Wildman–Crippen MR) is 85.2 cm³/mol. The normalized spacial score (nSPS) is 12.7. The molecule has 0 aromatic heterocycles. The van der Waals surface area contributed by atoms with E-state index in [1.807, 2.05) is 69.3 Å². The highest BCUT2D eigenvalue weighted by atomic mass is 16.6. The molecule has 1 atom stereocenters. The number of hydrogen-bond donors (Lipinski definition) is 0. The van der Waals surface area contributed by atoms with Crippen LogP contribution >= 0.6 is 0 Å². The van der Waals surface area contributed by atoms with Crippen LogP contribution in [0, 0.1) is 0 Å². The first-order valence-electron chi connectivity index (χ1n) is 7.30. The van der Waals surface area contributed by atoms with E-state index in [4.69, 9.17) is 4.74 Å². The van der Waals surface area contributed by atoms with Crippen molar-refractivity contribution in [2.45, 2.75) is 38.7 Å². The molecule has 0 N–H and O–H groups in total. The molecule has 2 aromatic rings. The molecule has 0 fully saturated rings. The molecule has 0 radical (unpaired) electrons. The molecule has 2 nitrogen and oxygen atoms in total. The van der Waals surface area contributed by atoms with Crippen LogP contribution in [0.25, 0.3) is 0 Å². The van der Waals surface area contributed by atoms with Crippen molar-refractivity contribution >= 4 is 5.97 Å². The van der Waals surface area contributed by atoms with Crippen LogP contribution in [-0.2, 0) is 16.0 Å². The van der Waals surface area contributed by atoms with Gasteiger partial charge in [-0.2, -0.15) is 0 Å². The van der Waals surface area contributed by atoms with Crippen LogP contribution in [-0.4, -0.2) is 11.6 Å². The van der Waals surface area contributed by atoms with Crippen LogP contribution in [0.4, 0.5) is 0 Å². The minimum Gasteiger partial charge on any atom is -0.459 e. The lowest BCUT2D eigenvalue weighted by Crippen LogP contribution is -2.32. The van der Waals surface area contributed by atoms with E-state index in [-0.39, 0.29) is 11.9 Å². The molecule has 2 aromatic carbocycles. The third-order valence-corrected chi connectivity index (χ3v) is 3.50. The van der Waals surface area contributed by atoms with Gasteiger partial charge in [0.15, 0.2) is 0 Å². The molecule has 110 valence electrons. The highest BCUT2D eigenvalue weighted by molar-refractivity contribution is 5.78. The first kappa shape index (κ1) is 15.3. The first-order chi connectivity index (χ1) is 9.98. The fourth-order valence-electron chi connectivity index (χ4n) is 2.36. The van der Waals surface area contributed by atoms with E-state index in [0.717, 1.165) is 5.56 Å². The predicted octanol–water partition coefficient (Wildman–Crippen LogP) is 4.35. The van der Waals surface area contributed by atoms with Crippen LogP contribution in [0.1, 0.15) is 37.8 Å². The van der Waals surface area contributed by atoms with Gasteiger partial charge in [-0.1, -0.05) is 60.7 Å². The Labute approximate surface area is 126 Å². The van der Waals surface area contributed by atoms with E-state index in [9.17, 15) is 4.79 Å². The van der Waals surface area contributed by atoms with Gasteiger partial charge in [-0.25, -0.2) is 0 Å². The monoisotopic (exact) mass is 282 g/mol. The van der Waals surface area contributed by atoms with Crippen molar-refractivity contribution in [3.63, 3.8) is 0 Å². The van der Waals surface area contributed by atoms with Gasteiger partial charge >= 0.3 is 5.97 Å². The Morgan fingerprint density at radius 1 is 1.00 bits per heavy atom. The Bertz CT molecular complexity index is 573. The third-order valence-electron chi connectivity index (χ3n) is 3.50. The molecule has 1 unspecified atom stereocenters. The van der Waals surface area contributed by atoms with Crippen molar-refractivity contribution in [2.24, 2.45) is 0 Å². The molecule has 2 rings (SSSR count). The average molecular weight is 282 g/mol. The van der Waals surface area contributed by atoms with Crippen LogP contribution in [0.15, 0.2) is 60.7 Å². The molecule has 0 aliphatic rings. The van der Waals surface area contributed by atoms with Gasteiger partial charge in [0.05, 0.1) is 5.92 Å². The molecule has 0 aliphatic carbocycles. The summed E-state index contributed by atoms with van der Waals surface area (Å²) in [5.41, 5.74) is 1.64. The van der Waals surface area contributed by atoms with E-state index in [2.05, 4.69) is 12.1 Å². The molecule has 0 amide bonds. The average Bonchev–Trinajstić information content (AvgIpc) is 2.47.